The highest BCUT2D eigenvalue weighted by atomic mass is 14.2. The first-order chi connectivity index (χ1) is 9.74. The Kier molecular flexibility index (Phi) is 6.51. The summed E-state index contributed by atoms with van der Waals surface area (Å²) >= 11 is 0. The lowest BCUT2D eigenvalue weighted by Gasteiger charge is -2.20. The van der Waals surface area contributed by atoms with E-state index in [1.54, 1.807) is 0 Å². The van der Waals surface area contributed by atoms with Gasteiger partial charge in [0.2, 0.25) is 0 Å². The van der Waals surface area contributed by atoms with Crippen molar-refractivity contribution in [3.63, 3.8) is 0 Å². The second kappa shape index (κ2) is 7.89. The van der Waals surface area contributed by atoms with Crippen LogP contribution < -0.4 is 0 Å². The number of fused-ring (bicyclic) bond motifs is 3. The molecule has 0 heterocycles. The van der Waals surface area contributed by atoms with E-state index in [-0.39, 0.29) is 0 Å². The molecule has 1 aliphatic rings. The quantitative estimate of drug-likeness (QED) is 0.540. The van der Waals surface area contributed by atoms with Gasteiger partial charge in [0.1, 0.15) is 0 Å². The van der Waals surface area contributed by atoms with Crippen LogP contribution in [0.3, 0.4) is 0 Å². The van der Waals surface area contributed by atoms with Crippen LogP contribution >= 0.6 is 0 Å². The number of hydrogen-bond donors (Lipinski definition) is 0. The predicted molar refractivity (Wildman–Crippen MR) is 91.5 cm³/mol. The SMILES string of the molecule is CC.CC.Cc1ccc2c(c1)CCc1cc(C)ccc1-2. The third-order valence-electron chi connectivity index (χ3n) is 3.48. The largest absolute Gasteiger partial charge is 0.0683 e. The molecule has 0 N–H and O–H groups in total. The Morgan fingerprint density at radius 2 is 0.950 bits per heavy atom. The van der Waals surface area contributed by atoms with Crippen LogP contribution in [0.25, 0.3) is 11.1 Å². The minimum atomic E-state index is 1.19. The summed E-state index contributed by atoms with van der Waals surface area (Å²) in [6.07, 6.45) is 2.38. The molecule has 0 atom stereocenters. The van der Waals surface area contributed by atoms with E-state index >= 15 is 0 Å². The normalized spacial score (nSPS) is 11.1. The second-order valence-corrected chi connectivity index (χ2v) is 4.82. The van der Waals surface area contributed by atoms with Crippen molar-refractivity contribution in [3.8, 4) is 11.1 Å². The highest BCUT2D eigenvalue weighted by Crippen LogP contribution is 2.34. The first-order valence-corrected chi connectivity index (χ1v) is 7.93. The Bertz CT molecular complexity index is 498. The molecule has 2 aromatic carbocycles. The highest BCUT2D eigenvalue weighted by molar-refractivity contribution is 5.73. The van der Waals surface area contributed by atoms with Gasteiger partial charge in [-0.25, -0.2) is 0 Å². The standard InChI is InChI=1S/C16H16.2C2H6/c1-11-3-7-15-13(9-11)5-6-14-10-12(2)4-8-16(14)15;2*1-2/h3-4,7-10H,5-6H2,1-2H3;2*1-2H3. The maximum absolute atomic E-state index is 2.33. The summed E-state index contributed by atoms with van der Waals surface area (Å²) in [7, 11) is 0. The van der Waals surface area contributed by atoms with Crippen molar-refractivity contribution in [2.75, 3.05) is 0 Å². The molecule has 0 aliphatic heterocycles. The zero-order valence-electron chi connectivity index (χ0n) is 13.9. The molecule has 0 unspecified atom stereocenters. The summed E-state index contributed by atoms with van der Waals surface area (Å²) in [5.74, 6) is 0. The maximum atomic E-state index is 2.33. The molecule has 0 nitrogen and oxygen atoms in total. The van der Waals surface area contributed by atoms with Gasteiger partial charge < -0.3 is 0 Å². The monoisotopic (exact) mass is 268 g/mol. The van der Waals surface area contributed by atoms with Crippen molar-refractivity contribution in [1.82, 2.24) is 0 Å². The van der Waals surface area contributed by atoms with E-state index in [1.165, 1.54) is 46.2 Å². The fraction of sp³-hybridized carbons (Fsp3) is 0.400. The molecule has 0 fully saturated rings. The van der Waals surface area contributed by atoms with Crippen LogP contribution in [0, 0.1) is 13.8 Å². The minimum absolute atomic E-state index is 1.19. The summed E-state index contributed by atoms with van der Waals surface area (Å²) < 4.78 is 0. The third kappa shape index (κ3) is 3.50. The highest BCUT2D eigenvalue weighted by Gasteiger charge is 2.15. The predicted octanol–water partition coefficient (Wildman–Crippen LogP) is 6.12. The van der Waals surface area contributed by atoms with Gasteiger partial charge in [0.25, 0.3) is 0 Å². The average Bonchev–Trinajstić information content (AvgIpc) is 2.50. The number of hydrogen-bond acceptors (Lipinski definition) is 0. The van der Waals surface area contributed by atoms with Crippen LogP contribution in [0.2, 0.25) is 0 Å². The molecule has 108 valence electrons. The van der Waals surface area contributed by atoms with E-state index in [0.29, 0.717) is 0 Å². The molecule has 0 heteroatoms. The molecule has 0 spiro atoms. The number of aryl methyl sites for hydroxylation is 4. The van der Waals surface area contributed by atoms with E-state index in [4.69, 9.17) is 0 Å². The topological polar surface area (TPSA) is 0 Å². The second-order valence-electron chi connectivity index (χ2n) is 4.82. The van der Waals surface area contributed by atoms with Gasteiger partial charge >= 0.3 is 0 Å². The van der Waals surface area contributed by atoms with Gasteiger partial charge in [-0.2, -0.15) is 0 Å². The van der Waals surface area contributed by atoms with Gasteiger partial charge in [-0.15, -0.1) is 0 Å². The van der Waals surface area contributed by atoms with E-state index in [9.17, 15) is 0 Å². The van der Waals surface area contributed by atoms with Crippen molar-refractivity contribution in [3.05, 3.63) is 58.7 Å². The smallest absolute Gasteiger partial charge is 0.0149 e. The summed E-state index contributed by atoms with van der Waals surface area (Å²) in [5, 5.41) is 0. The first-order valence-electron chi connectivity index (χ1n) is 7.93. The first kappa shape index (κ1) is 16.5. The van der Waals surface area contributed by atoms with Crippen LogP contribution in [0.15, 0.2) is 36.4 Å². The van der Waals surface area contributed by atoms with Crippen molar-refractivity contribution in [2.45, 2.75) is 54.4 Å². The van der Waals surface area contributed by atoms with Crippen molar-refractivity contribution >= 4 is 0 Å². The summed E-state index contributed by atoms with van der Waals surface area (Å²) in [6, 6.07) is 13.6. The average molecular weight is 268 g/mol. The van der Waals surface area contributed by atoms with Gasteiger partial charge in [0.15, 0.2) is 0 Å². The number of benzene rings is 2. The van der Waals surface area contributed by atoms with Gasteiger partial charge in [-0.1, -0.05) is 75.2 Å². The van der Waals surface area contributed by atoms with Crippen LogP contribution in [0.5, 0.6) is 0 Å². The molecule has 0 saturated heterocycles. The molecular formula is C20H28. The molecule has 3 rings (SSSR count). The number of rotatable bonds is 0. The Labute approximate surface area is 124 Å². The van der Waals surface area contributed by atoms with Crippen molar-refractivity contribution in [2.24, 2.45) is 0 Å². The van der Waals surface area contributed by atoms with Gasteiger partial charge in [0, 0.05) is 0 Å². The lowest BCUT2D eigenvalue weighted by Crippen LogP contribution is -2.04. The summed E-state index contributed by atoms with van der Waals surface area (Å²) in [5.41, 5.74) is 8.63. The van der Waals surface area contributed by atoms with Gasteiger partial charge in [0.05, 0.1) is 0 Å². The molecule has 0 bridgehead atoms. The molecular weight excluding hydrogens is 240 g/mol. The Morgan fingerprint density at radius 3 is 1.30 bits per heavy atom. The molecule has 2 aromatic rings. The van der Waals surface area contributed by atoms with Crippen LogP contribution in [-0.2, 0) is 12.8 Å². The third-order valence-corrected chi connectivity index (χ3v) is 3.48. The van der Waals surface area contributed by atoms with E-state index in [1.807, 2.05) is 27.7 Å². The maximum Gasteiger partial charge on any atom is -0.0149 e. The lowest BCUT2D eigenvalue weighted by atomic mass is 9.84. The van der Waals surface area contributed by atoms with Crippen LogP contribution in [0.4, 0.5) is 0 Å². The molecule has 0 radical (unpaired) electrons. The fourth-order valence-electron chi connectivity index (χ4n) is 2.65. The zero-order valence-corrected chi connectivity index (χ0v) is 13.9. The Hall–Kier alpha value is -1.56. The summed E-state index contributed by atoms with van der Waals surface area (Å²) in [6.45, 7) is 12.3. The van der Waals surface area contributed by atoms with Crippen LogP contribution in [-0.4, -0.2) is 0 Å². The fourth-order valence-corrected chi connectivity index (χ4v) is 2.65. The molecule has 20 heavy (non-hydrogen) atoms. The zero-order chi connectivity index (χ0) is 15.1. The van der Waals surface area contributed by atoms with Crippen molar-refractivity contribution < 1.29 is 0 Å². The van der Waals surface area contributed by atoms with E-state index in [0.717, 1.165) is 0 Å². The molecule has 0 amide bonds. The molecule has 0 aromatic heterocycles. The van der Waals surface area contributed by atoms with E-state index < -0.39 is 0 Å². The molecule has 1 aliphatic carbocycles. The Balaban J connectivity index is 0.000000461. The lowest BCUT2D eigenvalue weighted by molar-refractivity contribution is 0.937. The van der Waals surface area contributed by atoms with Crippen molar-refractivity contribution in [1.29, 1.82) is 0 Å². The summed E-state index contributed by atoms with van der Waals surface area (Å²) in [4.78, 5) is 0. The minimum Gasteiger partial charge on any atom is -0.0683 e. The molecule has 0 saturated carbocycles. The van der Waals surface area contributed by atoms with Crippen LogP contribution in [0.1, 0.15) is 49.9 Å². The van der Waals surface area contributed by atoms with Gasteiger partial charge in [-0.05, 0) is 48.9 Å². The Morgan fingerprint density at radius 1 is 0.600 bits per heavy atom. The van der Waals surface area contributed by atoms with E-state index in [2.05, 4.69) is 50.2 Å². The van der Waals surface area contributed by atoms with Gasteiger partial charge in [-0.3, -0.25) is 0 Å².